The van der Waals surface area contributed by atoms with Crippen LogP contribution in [-0.4, -0.2) is 42.9 Å². The van der Waals surface area contributed by atoms with Crippen LogP contribution in [0.15, 0.2) is 42.9 Å². The van der Waals surface area contributed by atoms with E-state index in [9.17, 15) is 0 Å². The Morgan fingerprint density at radius 3 is 2.87 bits per heavy atom. The molecule has 0 unspecified atom stereocenters. The molecule has 4 aromatic heterocycles. The number of anilines is 2. The van der Waals surface area contributed by atoms with Gasteiger partial charge in [0.25, 0.3) is 0 Å². The number of aromatic nitrogens is 6. The van der Waals surface area contributed by atoms with Crippen LogP contribution in [0.1, 0.15) is 18.5 Å². The molecule has 1 aliphatic rings. The number of ether oxygens (including phenoxy) is 1. The second-order valence-corrected chi connectivity index (χ2v) is 7.40. The number of aromatic amines is 1. The summed E-state index contributed by atoms with van der Waals surface area (Å²) < 4.78 is 7.99. The predicted molar refractivity (Wildman–Crippen MR) is 109 cm³/mol. The zero-order valence-electron chi connectivity index (χ0n) is 16.0. The van der Waals surface area contributed by atoms with Gasteiger partial charge < -0.3 is 15.8 Å². The highest BCUT2D eigenvalue weighted by Gasteiger charge is 2.42. The summed E-state index contributed by atoms with van der Waals surface area (Å²) in [7, 11) is 0. The van der Waals surface area contributed by atoms with Gasteiger partial charge in [-0.1, -0.05) is 0 Å². The molecule has 4 aromatic rings. The average molecular weight is 401 g/mol. The molecule has 4 N–H and O–H groups in total. The fourth-order valence-corrected chi connectivity index (χ4v) is 3.24. The van der Waals surface area contributed by atoms with E-state index in [4.69, 9.17) is 15.7 Å². The van der Waals surface area contributed by atoms with Gasteiger partial charge in [-0.05, 0) is 31.0 Å². The molecule has 0 saturated heterocycles. The highest BCUT2D eigenvalue weighted by Crippen LogP contribution is 2.45. The molecule has 0 spiro atoms. The van der Waals surface area contributed by atoms with E-state index in [2.05, 4.69) is 30.6 Å². The van der Waals surface area contributed by atoms with E-state index in [1.165, 1.54) is 12.4 Å². The largest absolute Gasteiger partial charge is 0.491 e. The molecule has 10 nitrogen and oxygen atoms in total. The molecule has 1 fully saturated rings. The molecular weight excluding hydrogens is 382 g/mol. The van der Waals surface area contributed by atoms with Gasteiger partial charge in [0, 0.05) is 18.0 Å². The highest BCUT2D eigenvalue weighted by molar-refractivity contribution is 5.71. The number of fused-ring (bicyclic) bond motifs is 1. The van der Waals surface area contributed by atoms with Gasteiger partial charge in [-0.2, -0.15) is 15.5 Å². The lowest BCUT2D eigenvalue weighted by Gasteiger charge is -2.16. The van der Waals surface area contributed by atoms with Crippen LogP contribution in [0, 0.1) is 16.7 Å². The fraction of sp³-hybridized carbons (Fsp3) is 0.250. The molecule has 0 aromatic carbocycles. The predicted octanol–water partition coefficient (Wildman–Crippen LogP) is 2.25. The molecule has 0 radical (unpaired) electrons. The first-order chi connectivity index (χ1) is 14.7. The van der Waals surface area contributed by atoms with Gasteiger partial charge >= 0.3 is 0 Å². The van der Waals surface area contributed by atoms with Gasteiger partial charge in [-0.3, -0.25) is 5.10 Å². The van der Waals surface area contributed by atoms with Crippen LogP contribution in [0.25, 0.3) is 16.9 Å². The van der Waals surface area contributed by atoms with E-state index in [1.54, 1.807) is 6.20 Å². The van der Waals surface area contributed by atoms with Gasteiger partial charge in [0.1, 0.15) is 23.3 Å². The van der Waals surface area contributed by atoms with E-state index in [0.29, 0.717) is 30.5 Å². The van der Waals surface area contributed by atoms with Gasteiger partial charge in [0.2, 0.25) is 0 Å². The lowest BCUT2D eigenvalue weighted by Crippen LogP contribution is -2.23. The minimum Gasteiger partial charge on any atom is -0.491 e. The van der Waals surface area contributed by atoms with Gasteiger partial charge in [-0.15, -0.1) is 0 Å². The van der Waals surface area contributed by atoms with E-state index in [1.807, 2.05) is 34.9 Å². The van der Waals surface area contributed by atoms with Crippen molar-refractivity contribution in [3.63, 3.8) is 0 Å². The Hall–Kier alpha value is -3.97. The maximum atomic E-state index is 8.84. The van der Waals surface area contributed by atoms with Gasteiger partial charge in [0.15, 0.2) is 11.5 Å². The van der Waals surface area contributed by atoms with E-state index in [-0.39, 0.29) is 11.1 Å². The summed E-state index contributed by atoms with van der Waals surface area (Å²) in [6.45, 7) is 1.19. The van der Waals surface area contributed by atoms with Crippen LogP contribution in [0.3, 0.4) is 0 Å². The standard InChI is InChI=1S/C20H19N9O/c21-8-13-9-24-18(10-23-13)26-17-7-15(27-28-17)19-16(30-12-20(11-22)4-5-20)2-1-14-3-6-25-29(14)19/h1-3,6-7,9-10H,4-5,11-12,22H2,(H2,24,26,27,28). The Balaban J connectivity index is 1.45. The number of nitrogens with two attached hydrogens (primary N) is 1. The number of hydrogen-bond donors (Lipinski definition) is 3. The summed E-state index contributed by atoms with van der Waals surface area (Å²) in [5.41, 5.74) is 8.70. The Bertz CT molecular complexity index is 1230. The number of pyridine rings is 1. The number of nitriles is 1. The normalized spacial score (nSPS) is 14.4. The van der Waals surface area contributed by atoms with Crippen LogP contribution in [-0.2, 0) is 0 Å². The van der Waals surface area contributed by atoms with Gasteiger partial charge in [-0.25, -0.2) is 14.5 Å². The molecule has 1 saturated carbocycles. The maximum absolute atomic E-state index is 8.84. The number of nitrogens with one attached hydrogen (secondary N) is 2. The van der Waals surface area contributed by atoms with Crippen molar-refractivity contribution >= 4 is 17.2 Å². The zero-order valence-corrected chi connectivity index (χ0v) is 16.0. The lowest BCUT2D eigenvalue weighted by atomic mass is 10.1. The first kappa shape index (κ1) is 18.1. The molecule has 4 heterocycles. The SMILES string of the molecule is N#Cc1cnc(Nc2cc(-c3c(OCC4(CN)CC4)ccc4ccnn34)[nH]n2)cn1. The van der Waals surface area contributed by atoms with Gasteiger partial charge in [0.05, 0.1) is 36.4 Å². The summed E-state index contributed by atoms with van der Waals surface area (Å²) in [5.74, 6) is 1.75. The third-order valence-electron chi connectivity index (χ3n) is 5.30. The summed E-state index contributed by atoms with van der Waals surface area (Å²) in [5, 5.41) is 23.7. The van der Waals surface area contributed by atoms with Crippen LogP contribution in [0.2, 0.25) is 0 Å². The van der Waals surface area contributed by atoms with Crippen molar-refractivity contribution in [3.05, 3.63) is 48.5 Å². The lowest BCUT2D eigenvalue weighted by molar-refractivity contribution is 0.239. The summed E-state index contributed by atoms with van der Waals surface area (Å²) >= 11 is 0. The molecule has 5 rings (SSSR count). The summed E-state index contributed by atoms with van der Waals surface area (Å²) in [6, 6.07) is 9.63. The molecule has 1 aliphatic carbocycles. The molecule has 30 heavy (non-hydrogen) atoms. The van der Waals surface area contributed by atoms with Crippen molar-refractivity contribution < 1.29 is 4.74 Å². The summed E-state index contributed by atoms with van der Waals surface area (Å²) in [4.78, 5) is 8.15. The summed E-state index contributed by atoms with van der Waals surface area (Å²) in [6.07, 6.45) is 6.81. The number of hydrogen-bond acceptors (Lipinski definition) is 8. The van der Waals surface area contributed by atoms with Crippen molar-refractivity contribution in [2.75, 3.05) is 18.5 Å². The van der Waals surface area contributed by atoms with Crippen molar-refractivity contribution in [2.45, 2.75) is 12.8 Å². The van der Waals surface area contributed by atoms with Crippen molar-refractivity contribution in [1.29, 1.82) is 5.26 Å². The third-order valence-corrected chi connectivity index (χ3v) is 5.30. The van der Waals surface area contributed by atoms with E-state index >= 15 is 0 Å². The third kappa shape index (κ3) is 3.31. The van der Waals surface area contributed by atoms with E-state index < -0.39 is 0 Å². The van der Waals surface area contributed by atoms with Crippen LogP contribution < -0.4 is 15.8 Å². The monoisotopic (exact) mass is 401 g/mol. The second-order valence-electron chi connectivity index (χ2n) is 7.40. The Morgan fingerprint density at radius 1 is 1.23 bits per heavy atom. The Kier molecular flexibility index (Phi) is 4.30. The number of H-pyrrole nitrogens is 1. The maximum Gasteiger partial charge on any atom is 0.158 e. The molecule has 0 aliphatic heterocycles. The van der Waals surface area contributed by atoms with Crippen molar-refractivity contribution in [2.24, 2.45) is 11.1 Å². The number of rotatable bonds is 7. The molecule has 0 atom stereocenters. The molecule has 10 heteroatoms. The molecule has 150 valence electrons. The van der Waals surface area contributed by atoms with Crippen LogP contribution in [0.4, 0.5) is 11.6 Å². The minimum absolute atomic E-state index is 0.0886. The number of nitrogens with zero attached hydrogens (tertiary/aromatic N) is 6. The van der Waals surface area contributed by atoms with Crippen molar-refractivity contribution in [3.8, 4) is 23.2 Å². The molecular formula is C20H19N9O. The van der Waals surface area contributed by atoms with Crippen LogP contribution >= 0.6 is 0 Å². The quantitative estimate of drug-likeness (QED) is 0.428. The highest BCUT2D eigenvalue weighted by atomic mass is 16.5. The smallest absolute Gasteiger partial charge is 0.158 e. The first-order valence-electron chi connectivity index (χ1n) is 9.54. The zero-order chi connectivity index (χ0) is 20.6. The topological polar surface area (TPSA) is 143 Å². The molecule has 0 bridgehead atoms. The Labute approximate surface area is 171 Å². The molecule has 0 amide bonds. The Morgan fingerprint density at radius 2 is 2.13 bits per heavy atom. The fourth-order valence-electron chi connectivity index (χ4n) is 3.24. The minimum atomic E-state index is 0.0886. The van der Waals surface area contributed by atoms with Crippen molar-refractivity contribution in [1.82, 2.24) is 29.8 Å². The van der Waals surface area contributed by atoms with E-state index in [0.717, 1.165) is 29.7 Å². The average Bonchev–Trinajstić information content (AvgIpc) is 3.17. The first-order valence-corrected chi connectivity index (χ1v) is 9.54. The second kappa shape index (κ2) is 7.13. The van der Waals surface area contributed by atoms with Crippen LogP contribution in [0.5, 0.6) is 5.75 Å².